The smallest absolute Gasteiger partial charge is 0.196 e. The standard InChI is InChI=1S/C22H16F4/c1-16(21(23,24)18-8-4-2-5-9-18)17-12-14-20(15-13-17)22(25,26)19-10-6-3-7-11-19/h2-15H,1H2. The second-order valence-electron chi connectivity index (χ2n) is 5.94. The van der Waals surface area contributed by atoms with E-state index in [2.05, 4.69) is 6.58 Å². The minimum Gasteiger partial charge on any atom is -0.196 e. The molecule has 0 saturated carbocycles. The summed E-state index contributed by atoms with van der Waals surface area (Å²) in [7, 11) is 0. The molecule has 26 heavy (non-hydrogen) atoms. The zero-order valence-corrected chi connectivity index (χ0v) is 13.8. The Hall–Kier alpha value is -2.88. The summed E-state index contributed by atoms with van der Waals surface area (Å²) in [6, 6.07) is 19.5. The molecule has 0 fully saturated rings. The van der Waals surface area contributed by atoms with Crippen molar-refractivity contribution in [1.82, 2.24) is 0 Å². The molecule has 0 aliphatic carbocycles. The Balaban J connectivity index is 1.89. The third kappa shape index (κ3) is 3.27. The molecule has 3 aromatic carbocycles. The molecule has 0 N–H and O–H groups in total. The Morgan fingerprint density at radius 2 is 1.00 bits per heavy atom. The van der Waals surface area contributed by atoms with Crippen molar-refractivity contribution in [3.05, 3.63) is 114 Å². The van der Waals surface area contributed by atoms with E-state index in [0.717, 1.165) is 12.1 Å². The maximum absolute atomic E-state index is 14.6. The molecule has 4 heteroatoms. The van der Waals surface area contributed by atoms with Crippen LogP contribution in [-0.4, -0.2) is 0 Å². The van der Waals surface area contributed by atoms with Gasteiger partial charge in [-0.2, -0.15) is 17.6 Å². The zero-order valence-electron chi connectivity index (χ0n) is 13.8. The van der Waals surface area contributed by atoms with Crippen LogP contribution in [0.3, 0.4) is 0 Å². The van der Waals surface area contributed by atoms with E-state index < -0.39 is 17.4 Å². The van der Waals surface area contributed by atoms with Crippen LogP contribution in [0.25, 0.3) is 5.57 Å². The molecule has 3 aromatic rings. The quantitative estimate of drug-likeness (QED) is 0.450. The lowest BCUT2D eigenvalue weighted by atomic mass is 9.93. The highest BCUT2D eigenvalue weighted by Crippen LogP contribution is 2.41. The van der Waals surface area contributed by atoms with Gasteiger partial charge in [-0.1, -0.05) is 91.5 Å². The lowest BCUT2D eigenvalue weighted by molar-refractivity contribution is 0.0428. The van der Waals surface area contributed by atoms with E-state index >= 15 is 0 Å². The Labute approximate surface area is 149 Å². The highest BCUT2D eigenvalue weighted by molar-refractivity contribution is 5.70. The molecule has 0 heterocycles. The zero-order chi connectivity index (χ0) is 18.8. The van der Waals surface area contributed by atoms with E-state index in [1.165, 1.54) is 60.7 Å². The summed E-state index contributed by atoms with van der Waals surface area (Å²) in [5, 5.41) is 0. The predicted octanol–water partition coefficient (Wildman–Crippen LogP) is 6.63. The first-order valence-corrected chi connectivity index (χ1v) is 8.00. The molecule has 3 rings (SSSR count). The number of benzene rings is 3. The third-order valence-corrected chi connectivity index (χ3v) is 4.25. The van der Waals surface area contributed by atoms with Crippen LogP contribution >= 0.6 is 0 Å². The van der Waals surface area contributed by atoms with Gasteiger partial charge in [0, 0.05) is 22.3 Å². The van der Waals surface area contributed by atoms with Crippen LogP contribution in [0.4, 0.5) is 17.6 Å². The molecule has 0 spiro atoms. The number of alkyl halides is 4. The summed E-state index contributed by atoms with van der Waals surface area (Å²) >= 11 is 0. The normalized spacial score (nSPS) is 12.0. The number of halogens is 4. The summed E-state index contributed by atoms with van der Waals surface area (Å²) in [5.41, 5.74) is -0.919. The highest BCUT2D eigenvalue weighted by atomic mass is 19.3. The summed E-state index contributed by atoms with van der Waals surface area (Å²) in [5.74, 6) is -6.49. The fraction of sp³-hybridized carbons (Fsp3) is 0.0909. The van der Waals surface area contributed by atoms with Crippen molar-refractivity contribution in [2.24, 2.45) is 0 Å². The van der Waals surface area contributed by atoms with Crippen LogP contribution in [0.1, 0.15) is 22.3 Å². The minimum atomic E-state index is -3.29. The molecule has 132 valence electrons. The largest absolute Gasteiger partial charge is 0.298 e. The first kappa shape index (κ1) is 17.9. The van der Waals surface area contributed by atoms with E-state index in [1.54, 1.807) is 12.1 Å². The van der Waals surface area contributed by atoms with Crippen LogP contribution in [0.15, 0.2) is 91.5 Å². The van der Waals surface area contributed by atoms with Crippen LogP contribution in [-0.2, 0) is 11.8 Å². The van der Waals surface area contributed by atoms with Crippen molar-refractivity contribution >= 4 is 5.57 Å². The molecule has 0 saturated heterocycles. The van der Waals surface area contributed by atoms with Crippen LogP contribution < -0.4 is 0 Å². The van der Waals surface area contributed by atoms with E-state index in [4.69, 9.17) is 0 Å². The molecule has 0 atom stereocenters. The van der Waals surface area contributed by atoms with Crippen molar-refractivity contribution in [2.75, 3.05) is 0 Å². The van der Waals surface area contributed by atoms with Gasteiger partial charge in [0.2, 0.25) is 0 Å². The lowest BCUT2D eigenvalue weighted by Gasteiger charge is -2.21. The predicted molar refractivity (Wildman–Crippen MR) is 95.3 cm³/mol. The third-order valence-electron chi connectivity index (χ3n) is 4.25. The fourth-order valence-electron chi connectivity index (χ4n) is 2.70. The second-order valence-corrected chi connectivity index (χ2v) is 5.94. The van der Waals surface area contributed by atoms with Gasteiger partial charge in [0.1, 0.15) is 0 Å². The van der Waals surface area contributed by atoms with Gasteiger partial charge in [-0.3, -0.25) is 0 Å². The van der Waals surface area contributed by atoms with E-state index in [-0.39, 0.29) is 22.3 Å². The average molecular weight is 356 g/mol. The maximum atomic E-state index is 14.6. The summed E-state index contributed by atoms with van der Waals surface area (Å²) in [6.07, 6.45) is 0. The molecule has 0 radical (unpaired) electrons. The first-order valence-electron chi connectivity index (χ1n) is 8.00. The number of hydrogen-bond donors (Lipinski definition) is 0. The molecular weight excluding hydrogens is 340 g/mol. The lowest BCUT2D eigenvalue weighted by Crippen LogP contribution is -2.17. The van der Waals surface area contributed by atoms with Gasteiger partial charge < -0.3 is 0 Å². The van der Waals surface area contributed by atoms with E-state index in [9.17, 15) is 17.6 Å². The average Bonchev–Trinajstić information content (AvgIpc) is 2.69. The first-order chi connectivity index (χ1) is 12.3. The Kier molecular flexibility index (Phi) is 4.68. The van der Waals surface area contributed by atoms with Crippen molar-refractivity contribution < 1.29 is 17.6 Å². The highest BCUT2D eigenvalue weighted by Gasteiger charge is 2.37. The van der Waals surface area contributed by atoms with Crippen molar-refractivity contribution in [1.29, 1.82) is 0 Å². The fourth-order valence-corrected chi connectivity index (χ4v) is 2.70. The van der Waals surface area contributed by atoms with Gasteiger partial charge in [-0.15, -0.1) is 0 Å². The Morgan fingerprint density at radius 3 is 1.50 bits per heavy atom. The molecule has 0 amide bonds. The number of allylic oxidation sites excluding steroid dienone is 1. The molecule has 0 nitrogen and oxygen atoms in total. The second kappa shape index (κ2) is 6.79. The molecule has 0 aliphatic rings. The molecule has 0 bridgehead atoms. The van der Waals surface area contributed by atoms with Crippen molar-refractivity contribution in [3.63, 3.8) is 0 Å². The van der Waals surface area contributed by atoms with Gasteiger partial charge in [-0.25, -0.2) is 0 Å². The van der Waals surface area contributed by atoms with Crippen molar-refractivity contribution in [3.8, 4) is 0 Å². The number of rotatable bonds is 5. The van der Waals surface area contributed by atoms with Crippen LogP contribution in [0.5, 0.6) is 0 Å². The molecule has 0 aromatic heterocycles. The van der Waals surface area contributed by atoms with Gasteiger partial charge >= 0.3 is 0 Å². The summed E-state index contributed by atoms with van der Waals surface area (Å²) in [4.78, 5) is 0. The van der Waals surface area contributed by atoms with E-state index in [1.807, 2.05) is 0 Å². The van der Waals surface area contributed by atoms with Crippen molar-refractivity contribution in [2.45, 2.75) is 11.8 Å². The van der Waals surface area contributed by atoms with E-state index in [0.29, 0.717) is 0 Å². The SMILES string of the molecule is C=C(c1ccc(C(F)(F)c2ccccc2)cc1)C(F)(F)c1ccccc1. The van der Waals surface area contributed by atoms with Gasteiger partial charge in [-0.05, 0) is 5.56 Å². The minimum absolute atomic E-state index is 0.117. The monoisotopic (exact) mass is 356 g/mol. The summed E-state index contributed by atoms with van der Waals surface area (Å²) in [6.45, 7) is 3.49. The number of hydrogen-bond acceptors (Lipinski definition) is 0. The molecular formula is C22H16F4. The Morgan fingerprint density at radius 1 is 0.577 bits per heavy atom. The van der Waals surface area contributed by atoms with Gasteiger partial charge in [0.25, 0.3) is 11.8 Å². The van der Waals surface area contributed by atoms with Crippen LogP contribution in [0.2, 0.25) is 0 Å². The summed E-state index contributed by atoms with van der Waals surface area (Å²) < 4.78 is 58.3. The molecule has 0 aliphatic heterocycles. The van der Waals surface area contributed by atoms with Gasteiger partial charge in [0.05, 0.1) is 0 Å². The van der Waals surface area contributed by atoms with Crippen LogP contribution in [0, 0.1) is 0 Å². The topological polar surface area (TPSA) is 0 Å². The van der Waals surface area contributed by atoms with Gasteiger partial charge in [0.15, 0.2) is 0 Å². The molecule has 0 unspecified atom stereocenters. The Bertz CT molecular complexity index is 882. The maximum Gasteiger partial charge on any atom is 0.298 e.